The fourth-order valence-electron chi connectivity index (χ4n) is 3.52. The van der Waals surface area contributed by atoms with Gasteiger partial charge in [0.2, 0.25) is 0 Å². The minimum atomic E-state index is -0.900. The molecule has 0 aliphatic heterocycles. The number of aliphatic hydroxyl groups is 1. The minimum absolute atomic E-state index is 0.0107. The molecule has 1 atom stereocenters. The predicted molar refractivity (Wildman–Crippen MR) is 128 cm³/mol. The Bertz CT molecular complexity index is 1280. The summed E-state index contributed by atoms with van der Waals surface area (Å²) >= 11 is 1.44. The molecule has 4 aromatic rings. The summed E-state index contributed by atoms with van der Waals surface area (Å²) in [4.78, 5) is 18.2. The van der Waals surface area contributed by atoms with Crippen molar-refractivity contribution in [2.45, 2.75) is 19.1 Å². The van der Waals surface area contributed by atoms with Crippen molar-refractivity contribution in [2.24, 2.45) is 0 Å². The number of rotatable bonds is 9. The van der Waals surface area contributed by atoms with Crippen molar-refractivity contribution in [1.29, 1.82) is 0 Å². The lowest BCUT2D eigenvalue weighted by molar-refractivity contribution is 0.0900. The van der Waals surface area contributed by atoms with Crippen LogP contribution < -0.4 is 15.0 Å². The molecule has 164 valence electrons. The van der Waals surface area contributed by atoms with Crippen molar-refractivity contribution in [2.75, 3.05) is 13.7 Å². The molecule has 2 heterocycles. The Kier molecular flexibility index (Phi) is 6.68. The number of aliphatic hydroxyl groups excluding tert-OH is 1. The highest BCUT2D eigenvalue weighted by atomic mass is 32.1. The van der Waals surface area contributed by atoms with Gasteiger partial charge < -0.3 is 14.6 Å². The Morgan fingerprint density at radius 2 is 2.03 bits per heavy atom. The smallest absolute Gasteiger partial charge is 0.262 e. The molecule has 0 amide bonds. The number of thiophene rings is 1. The minimum Gasteiger partial charge on any atom is -0.493 e. The van der Waals surface area contributed by atoms with E-state index in [1.54, 1.807) is 7.11 Å². The summed E-state index contributed by atoms with van der Waals surface area (Å²) in [5.41, 5.74) is 2.69. The molecule has 0 saturated carbocycles. The summed E-state index contributed by atoms with van der Waals surface area (Å²) in [6, 6.07) is 15.4. The van der Waals surface area contributed by atoms with Gasteiger partial charge in [0, 0.05) is 10.9 Å². The van der Waals surface area contributed by atoms with Gasteiger partial charge in [-0.25, -0.2) is 4.98 Å². The lowest BCUT2D eigenvalue weighted by Crippen LogP contribution is -2.30. The highest BCUT2D eigenvalue weighted by Gasteiger charge is 2.16. The molecule has 0 fully saturated rings. The largest absolute Gasteiger partial charge is 0.493 e. The van der Waals surface area contributed by atoms with Crippen molar-refractivity contribution in [3.8, 4) is 22.6 Å². The molecular formula is C25H24N2O4S. The SMILES string of the molecule is C=CCc1ccc(OCC(O)Cn2cnc3scc(-c4ccccc4)c3c2=O)c(OC)c1. The van der Waals surface area contributed by atoms with Crippen molar-refractivity contribution in [1.82, 2.24) is 9.55 Å². The number of allylic oxidation sites excluding steroid dienone is 1. The van der Waals surface area contributed by atoms with Crippen molar-refractivity contribution in [3.05, 3.63) is 88.8 Å². The summed E-state index contributed by atoms with van der Waals surface area (Å²) < 4.78 is 12.6. The van der Waals surface area contributed by atoms with Crippen LogP contribution in [0.5, 0.6) is 11.5 Å². The van der Waals surface area contributed by atoms with Crippen LogP contribution in [0.4, 0.5) is 0 Å². The third-order valence-corrected chi connectivity index (χ3v) is 5.98. The van der Waals surface area contributed by atoms with Gasteiger partial charge in [-0.1, -0.05) is 42.5 Å². The molecule has 4 rings (SSSR count). The first-order chi connectivity index (χ1) is 15.6. The van der Waals surface area contributed by atoms with Crippen LogP contribution in [-0.2, 0) is 13.0 Å². The van der Waals surface area contributed by atoms with Gasteiger partial charge in [-0.05, 0) is 29.7 Å². The van der Waals surface area contributed by atoms with E-state index in [0.717, 1.165) is 23.1 Å². The average Bonchev–Trinajstić information content (AvgIpc) is 3.26. The van der Waals surface area contributed by atoms with E-state index >= 15 is 0 Å². The fraction of sp³-hybridized carbons (Fsp3) is 0.200. The van der Waals surface area contributed by atoms with Crippen LogP contribution in [0.15, 0.2) is 77.7 Å². The maximum Gasteiger partial charge on any atom is 0.262 e. The lowest BCUT2D eigenvalue weighted by Gasteiger charge is -2.16. The van der Waals surface area contributed by atoms with E-state index in [1.165, 1.54) is 22.2 Å². The van der Waals surface area contributed by atoms with Gasteiger partial charge in [0.15, 0.2) is 11.5 Å². The van der Waals surface area contributed by atoms with Crippen molar-refractivity contribution < 1.29 is 14.6 Å². The summed E-state index contributed by atoms with van der Waals surface area (Å²) in [5.74, 6) is 1.12. The zero-order valence-electron chi connectivity index (χ0n) is 17.7. The second kappa shape index (κ2) is 9.80. The van der Waals surface area contributed by atoms with Crippen LogP contribution in [0.25, 0.3) is 21.3 Å². The van der Waals surface area contributed by atoms with Crippen LogP contribution in [0.1, 0.15) is 5.56 Å². The highest BCUT2D eigenvalue weighted by Crippen LogP contribution is 2.30. The molecule has 7 heteroatoms. The highest BCUT2D eigenvalue weighted by molar-refractivity contribution is 7.17. The molecule has 2 aromatic heterocycles. The van der Waals surface area contributed by atoms with Crippen LogP contribution in [0.2, 0.25) is 0 Å². The third-order valence-electron chi connectivity index (χ3n) is 5.09. The summed E-state index contributed by atoms with van der Waals surface area (Å²) in [5, 5.41) is 13.0. The Morgan fingerprint density at radius 1 is 1.22 bits per heavy atom. The number of ether oxygens (including phenoxy) is 2. The monoisotopic (exact) mass is 448 g/mol. The van der Waals surface area contributed by atoms with E-state index in [9.17, 15) is 9.90 Å². The Hall–Kier alpha value is -3.42. The van der Waals surface area contributed by atoms with E-state index in [-0.39, 0.29) is 18.7 Å². The van der Waals surface area contributed by atoms with Gasteiger partial charge in [0.25, 0.3) is 5.56 Å². The number of methoxy groups -OCH3 is 1. The number of hydrogen-bond donors (Lipinski definition) is 1. The van der Waals surface area contributed by atoms with Crippen molar-refractivity contribution >= 4 is 21.6 Å². The summed E-state index contributed by atoms with van der Waals surface area (Å²) in [6.45, 7) is 3.82. The normalized spacial score (nSPS) is 11.9. The standard InChI is InChI=1S/C25H24N2O4S/c1-3-7-17-10-11-21(22(12-17)30-2)31-14-19(28)13-27-16-26-24-23(25(27)29)20(15-32-24)18-8-5-4-6-9-18/h3-6,8-12,15-16,19,28H,1,7,13-14H2,2H3. The number of aromatic nitrogens is 2. The average molecular weight is 449 g/mol. The van der Waals surface area contributed by atoms with Gasteiger partial charge in [-0.15, -0.1) is 17.9 Å². The molecule has 0 aliphatic rings. The third kappa shape index (κ3) is 4.59. The quantitative estimate of drug-likeness (QED) is 0.387. The first kappa shape index (κ1) is 21.8. The number of nitrogens with zero attached hydrogens (tertiary/aromatic N) is 2. The van der Waals surface area contributed by atoms with Crippen LogP contribution >= 0.6 is 11.3 Å². The van der Waals surface area contributed by atoms with E-state index in [1.807, 2.05) is 60.0 Å². The second-order valence-corrected chi connectivity index (χ2v) is 8.20. The molecule has 0 radical (unpaired) electrons. The number of fused-ring (bicyclic) bond motifs is 1. The summed E-state index contributed by atoms with van der Waals surface area (Å²) in [7, 11) is 1.57. The van der Waals surface area contributed by atoms with Gasteiger partial charge in [0.1, 0.15) is 17.5 Å². The molecule has 1 N–H and O–H groups in total. The Labute approximate surface area is 190 Å². The number of hydrogen-bond acceptors (Lipinski definition) is 6. The first-order valence-corrected chi connectivity index (χ1v) is 11.1. The molecule has 6 nitrogen and oxygen atoms in total. The van der Waals surface area contributed by atoms with Crippen LogP contribution in [0.3, 0.4) is 0 Å². The molecule has 0 saturated heterocycles. The predicted octanol–water partition coefficient (Wildman–Crippen LogP) is 4.30. The van der Waals surface area contributed by atoms with E-state index in [0.29, 0.717) is 21.7 Å². The van der Waals surface area contributed by atoms with Gasteiger partial charge in [0.05, 0.1) is 25.4 Å². The molecule has 0 bridgehead atoms. The molecular weight excluding hydrogens is 424 g/mol. The topological polar surface area (TPSA) is 73.6 Å². The van der Waals surface area contributed by atoms with Crippen molar-refractivity contribution in [3.63, 3.8) is 0 Å². The maximum atomic E-state index is 13.1. The second-order valence-electron chi connectivity index (χ2n) is 7.34. The van der Waals surface area contributed by atoms with E-state index in [2.05, 4.69) is 11.6 Å². The van der Waals surface area contributed by atoms with E-state index < -0.39 is 6.10 Å². The number of benzene rings is 2. The molecule has 1 unspecified atom stereocenters. The Balaban J connectivity index is 1.51. The maximum absolute atomic E-state index is 13.1. The van der Waals surface area contributed by atoms with E-state index in [4.69, 9.17) is 9.47 Å². The molecule has 0 spiro atoms. The molecule has 2 aromatic carbocycles. The lowest BCUT2D eigenvalue weighted by atomic mass is 10.1. The zero-order valence-corrected chi connectivity index (χ0v) is 18.5. The fourth-order valence-corrected chi connectivity index (χ4v) is 4.42. The first-order valence-electron chi connectivity index (χ1n) is 10.2. The van der Waals surface area contributed by atoms with Crippen LogP contribution in [0, 0.1) is 0 Å². The zero-order chi connectivity index (χ0) is 22.5. The molecule has 32 heavy (non-hydrogen) atoms. The Morgan fingerprint density at radius 3 is 2.78 bits per heavy atom. The van der Waals surface area contributed by atoms with Crippen LogP contribution in [-0.4, -0.2) is 34.5 Å². The van der Waals surface area contributed by atoms with Gasteiger partial charge >= 0.3 is 0 Å². The van der Waals surface area contributed by atoms with Gasteiger partial charge in [-0.3, -0.25) is 9.36 Å². The summed E-state index contributed by atoms with van der Waals surface area (Å²) in [6.07, 6.45) is 3.12. The molecule has 0 aliphatic carbocycles. The van der Waals surface area contributed by atoms with Gasteiger partial charge in [-0.2, -0.15) is 0 Å².